The van der Waals surface area contributed by atoms with E-state index in [4.69, 9.17) is 0 Å². The lowest BCUT2D eigenvalue weighted by Crippen LogP contribution is -2.39. The zero-order valence-corrected chi connectivity index (χ0v) is 10.2. The Morgan fingerprint density at radius 2 is 2.06 bits per heavy atom. The molecule has 1 aromatic heterocycles. The van der Waals surface area contributed by atoms with Crippen LogP contribution in [0.1, 0.15) is 17.4 Å². The molecular formula is C13H14N2O3. The van der Waals surface area contributed by atoms with Crippen LogP contribution in [0.15, 0.2) is 30.3 Å². The normalized spacial score (nSPS) is 12.1. The molecule has 2 N–H and O–H groups in total. The molecule has 18 heavy (non-hydrogen) atoms. The van der Waals surface area contributed by atoms with Crippen LogP contribution < -0.4 is 5.32 Å². The highest BCUT2D eigenvalue weighted by atomic mass is 16.5. The first-order valence-electron chi connectivity index (χ1n) is 5.58. The van der Waals surface area contributed by atoms with E-state index in [-0.39, 0.29) is 5.91 Å². The molecule has 0 aliphatic carbocycles. The summed E-state index contributed by atoms with van der Waals surface area (Å²) in [5.74, 6) is -0.802. The van der Waals surface area contributed by atoms with Gasteiger partial charge in [-0.15, -0.1) is 0 Å². The molecule has 5 heteroatoms. The number of methoxy groups -OCH3 is 1. The van der Waals surface area contributed by atoms with Crippen LogP contribution in [0.2, 0.25) is 0 Å². The lowest BCUT2D eigenvalue weighted by Gasteiger charge is -2.10. The minimum Gasteiger partial charge on any atom is -0.467 e. The van der Waals surface area contributed by atoms with Gasteiger partial charge in [-0.3, -0.25) is 4.79 Å². The summed E-state index contributed by atoms with van der Waals surface area (Å²) in [6.07, 6.45) is 0. The van der Waals surface area contributed by atoms with E-state index in [0.29, 0.717) is 5.69 Å². The van der Waals surface area contributed by atoms with Crippen LogP contribution in [0.25, 0.3) is 10.9 Å². The first kappa shape index (κ1) is 12.2. The number of benzene rings is 1. The Kier molecular flexibility index (Phi) is 3.32. The molecule has 1 atom stereocenters. The maximum absolute atomic E-state index is 11.9. The topological polar surface area (TPSA) is 71.2 Å². The summed E-state index contributed by atoms with van der Waals surface area (Å²) in [6, 6.07) is 8.65. The fourth-order valence-corrected chi connectivity index (χ4v) is 1.71. The number of nitrogens with one attached hydrogen (secondary N) is 2. The van der Waals surface area contributed by atoms with Gasteiger partial charge in [-0.25, -0.2) is 4.79 Å². The van der Waals surface area contributed by atoms with Crippen LogP contribution >= 0.6 is 0 Å². The van der Waals surface area contributed by atoms with E-state index in [1.54, 1.807) is 13.0 Å². The average molecular weight is 246 g/mol. The van der Waals surface area contributed by atoms with Crippen molar-refractivity contribution in [2.75, 3.05) is 7.11 Å². The molecule has 94 valence electrons. The van der Waals surface area contributed by atoms with Gasteiger partial charge in [-0.2, -0.15) is 0 Å². The predicted molar refractivity (Wildman–Crippen MR) is 67.2 cm³/mol. The van der Waals surface area contributed by atoms with Crippen molar-refractivity contribution in [1.82, 2.24) is 10.3 Å². The van der Waals surface area contributed by atoms with Crippen LogP contribution in [0, 0.1) is 0 Å². The van der Waals surface area contributed by atoms with Crippen molar-refractivity contribution in [1.29, 1.82) is 0 Å². The molecule has 1 aromatic carbocycles. The summed E-state index contributed by atoms with van der Waals surface area (Å²) in [6.45, 7) is 1.58. The Labute approximate surface area is 104 Å². The first-order valence-corrected chi connectivity index (χ1v) is 5.58. The Morgan fingerprint density at radius 3 is 2.72 bits per heavy atom. The summed E-state index contributed by atoms with van der Waals surface area (Å²) in [4.78, 5) is 26.1. The molecule has 1 heterocycles. The molecular weight excluding hydrogens is 232 g/mol. The SMILES string of the molecule is COC(=O)C(C)NC(=O)c1cc2ccccc2[nH]1. The van der Waals surface area contributed by atoms with Gasteiger partial charge in [0.25, 0.3) is 5.91 Å². The number of fused-ring (bicyclic) bond motifs is 1. The van der Waals surface area contributed by atoms with Gasteiger partial charge in [0.2, 0.25) is 0 Å². The fourth-order valence-electron chi connectivity index (χ4n) is 1.71. The number of amides is 1. The van der Waals surface area contributed by atoms with E-state index in [0.717, 1.165) is 10.9 Å². The largest absolute Gasteiger partial charge is 0.467 e. The zero-order valence-electron chi connectivity index (χ0n) is 10.2. The van der Waals surface area contributed by atoms with Gasteiger partial charge >= 0.3 is 5.97 Å². The van der Waals surface area contributed by atoms with Crippen LogP contribution in [-0.4, -0.2) is 30.0 Å². The second kappa shape index (κ2) is 4.91. The van der Waals surface area contributed by atoms with E-state index in [1.165, 1.54) is 7.11 Å². The van der Waals surface area contributed by atoms with E-state index in [9.17, 15) is 9.59 Å². The molecule has 1 amide bonds. The predicted octanol–water partition coefficient (Wildman–Crippen LogP) is 1.46. The molecule has 0 aliphatic heterocycles. The van der Waals surface area contributed by atoms with Crippen LogP contribution in [-0.2, 0) is 9.53 Å². The summed E-state index contributed by atoms with van der Waals surface area (Å²) >= 11 is 0. The molecule has 2 aromatic rings. The lowest BCUT2D eigenvalue weighted by atomic mass is 10.2. The van der Waals surface area contributed by atoms with Crippen molar-refractivity contribution in [3.8, 4) is 0 Å². The quantitative estimate of drug-likeness (QED) is 0.805. The molecule has 0 fully saturated rings. The number of rotatable bonds is 3. The number of aromatic nitrogens is 1. The smallest absolute Gasteiger partial charge is 0.328 e. The number of esters is 1. The number of carbonyl (C=O) groups is 2. The van der Waals surface area contributed by atoms with Crippen molar-refractivity contribution in [3.05, 3.63) is 36.0 Å². The van der Waals surface area contributed by atoms with E-state index in [2.05, 4.69) is 15.0 Å². The second-order valence-corrected chi connectivity index (χ2v) is 3.99. The summed E-state index contributed by atoms with van der Waals surface area (Å²) < 4.78 is 4.54. The van der Waals surface area contributed by atoms with Gasteiger partial charge in [0.15, 0.2) is 0 Å². The highest BCUT2D eigenvalue weighted by molar-refractivity contribution is 5.99. The standard InChI is InChI=1S/C13H14N2O3/c1-8(13(17)18-2)14-12(16)11-7-9-5-3-4-6-10(9)15-11/h3-8,15H,1-2H3,(H,14,16). The average Bonchev–Trinajstić information content (AvgIpc) is 2.81. The van der Waals surface area contributed by atoms with E-state index >= 15 is 0 Å². The Bertz CT molecular complexity index is 556. The minimum atomic E-state index is -0.672. The molecule has 5 nitrogen and oxygen atoms in total. The molecule has 0 radical (unpaired) electrons. The zero-order chi connectivity index (χ0) is 13.1. The number of aromatic amines is 1. The van der Waals surface area contributed by atoms with E-state index < -0.39 is 12.0 Å². The van der Waals surface area contributed by atoms with Gasteiger partial charge in [0, 0.05) is 10.9 Å². The monoisotopic (exact) mass is 246 g/mol. The van der Waals surface area contributed by atoms with Gasteiger partial charge < -0.3 is 15.0 Å². The number of hydrogen-bond donors (Lipinski definition) is 2. The number of para-hydroxylation sites is 1. The number of carbonyl (C=O) groups excluding carboxylic acids is 2. The number of H-pyrrole nitrogens is 1. The number of ether oxygens (including phenoxy) is 1. The maximum atomic E-state index is 11.9. The van der Waals surface area contributed by atoms with Gasteiger partial charge in [-0.1, -0.05) is 18.2 Å². The first-order chi connectivity index (χ1) is 8.61. The van der Waals surface area contributed by atoms with Crippen LogP contribution in [0.3, 0.4) is 0 Å². The molecule has 0 bridgehead atoms. The lowest BCUT2D eigenvalue weighted by molar-refractivity contribution is -0.142. The molecule has 0 spiro atoms. The summed E-state index contributed by atoms with van der Waals surface area (Å²) in [5.41, 5.74) is 1.31. The minimum absolute atomic E-state index is 0.330. The van der Waals surface area contributed by atoms with Crippen molar-refractivity contribution in [2.24, 2.45) is 0 Å². The van der Waals surface area contributed by atoms with Gasteiger partial charge in [0.1, 0.15) is 11.7 Å². The molecule has 0 aliphatic rings. The van der Waals surface area contributed by atoms with Crippen molar-refractivity contribution in [3.63, 3.8) is 0 Å². The third-order valence-corrected chi connectivity index (χ3v) is 2.68. The van der Waals surface area contributed by atoms with Crippen molar-refractivity contribution >= 4 is 22.8 Å². The molecule has 1 unspecified atom stereocenters. The third-order valence-electron chi connectivity index (χ3n) is 2.68. The van der Waals surface area contributed by atoms with Gasteiger partial charge in [-0.05, 0) is 19.1 Å². The summed E-state index contributed by atoms with van der Waals surface area (Å²) in [7, 11) is 1.29. The number of hydrogen-bond acceptors (Lipinski definition) is 3. The third kappa shape index (κ3) is 2.34. The highest BCUT2D eigenvalue weighted by Gasteiger charge is 2.17. The fraction of sp³-hybridized carbons (Fsp3) is 0.231. The van der Waals surface area contributed by atoms with E-state index in [1.807, 2.05) is 24.3 Å². The summed E-state index contributed by atoms with van der Waals surface area (Å²) in [5, 5.41) is 3.52. The van der Waals surface area contributed by atoms with Crippen LogP contribution in [0.4, 0.5) is 0 Å². The molecule has 2 rings (SSSR count). The molecule has 0 saturated heterocycles. The second-order valence-electron chi connectivity index (χ2n) is 3.99. The van der Waals surface area contributed by atoms with Crippen molar-refractivity contribution < 1.29 is 14.3 Å². The molecule has 0 saturated carbocycles. The van der Waals surface area contributed by atoms with Crippen LogP contribution in [0.5, 0.6) is 0 Å². The highest BCUT2D eigenvalue weighted by Crippen LogP contribution is 2.14. The van der Waals surface area contributed by atoms with Crippen molar-refractivity contribution in [2.45, 2.75) is 13.0 Å². The Balaban J connectivity index is 2.16. The Hall–Kier alpha value is -2.30. The Morgan fingerprint density at radius 1 is 1.33 bits per heavy atom. The maximum Gasteiger partial charge on any atom is 0.328 e. The van der Waals surface area contributed by atoms with Gasteiger partial charge in [0.05, 0.1) is 7.11 Å².